The molecule has 5 rings (SSSR count). The van der Waals surface area contributed by atoms with E-state index in [2.05, 4.69) is 9.98 Å². The number of anilines is 1. The van der Waals surface area contributed by atoms with Crippen LogP contribution in [0.4, 0.5) is 10.1 Å². The Morgan fingerprint density at radius 1 is 1.18 bits per heavy atom. The number of imidazole rings is 1. The SMILES string of the molecule is COc1cc(/C=C2\OCCN3C2=NCCC(=O)N3c2ccc(F)cc2)ccc1-n1cnc(C)c1. The van der Waals surface area contributed by atoms with Crippen molar-refractivity contribution in [1.29, 1.82) is 0 Å². The molecule has 3 heterocycles. The summed E-state index contributed by atoms with van der Waals surface area (Å²) in [5, 5.41) is 3.37. The van der Waals surface area contributed by atoms with E-state index in [-0.39, 0.29) is 18.1 Å². The highest BCUT2D eigenvalue weighted by atomic mass is 19.1. The third-order valence-corrected chi connectivity index (χ3v) is 5.65. The highest BCUT2D eigenvalue weighted by Gasteiger charge is 2.33. The van der Waals surface area contributed by atoms with Crippen molar-refractivity contribution in [3.8, 4) is 11.4 Å². The predicted octanol–water partition coefficient (Wildman–Crippen LogP) is 3.75. The number of aliphatic imine (C=N–C) groups is 1. The Balaban J connectivity index is 1.49. The first kappa shape index (κ1) is 21.7. The van der Waals surface area contributed by atoms with Gasteiger partial charge in [-0.2, -0.15) is 0 Å². The Labute approximate surface area is 196 Å². The molecule has 2 aromatic carbocycles. The third-order valence-electron chi connectivity index (χ3n) is 5.65. The van der Waals surface area contributed by atoms with Gasteiger partial charge >= 0.3 is 0 Å². The van der Waals surface area contributed by atoms with Crippen LogP contribution in [0.1, 0.15) is 17.7 Å². The highest BCUT2D eigenvalue weighted by Crippen LogP contribution is 2.29. The van der Waals surface area contributed by atoms with Gasteiger partial charge in [0.05, 0.1) is 43.6 Å². The second kappa shape index (κ2) is 9.01. The number of amides is 1. The molecule has 0 N–H and O–H groups in total. The second-order valence-corrected chi connectivity index (χ2v) is 7.97. The smallest absolute Gasteiger partial charge is 0.247 e. The Bertz CT molecular complexity index is 1280. The number of hydrogen-bond donors (Lipinski definition) is 0. The number of benzene rings is 2. The number of carbonyl (C=O) groups excluding carboxylic acids is 1. The minimum Gasteiger partial charge on any atom is -0.495 e. The number of amidine groups is 1. The fourth-order valence-electron chi connectivity index (χ4n) is 4.07. The number of nitrogens with zero attached hydrogens (tertiary/aromatic N) is 5. The fourth-order valence-corrected chi connectivity index (χ4v) is 4.07. The number of hydrogen-bond acceptors (Lipinski definition) is 6. The molecule has 0 radical (unpaired) electrons. The first-order valence-electron chi connectivity index (χ1n) is 11.0. The minimum absolute atomic E-state index is 0.103. The van der Waals surface area contributed by atoms with Gasteiger partial charge in [-0.15, -0.1) is 0 Å². The molecule has 0 spiro atoms. The lowest BCUT2D eigenvalue weighted by atomic mass is 10.1. The monoisotopic (exact) mass is 461 g/mol. The number of hydrazine groups is 1. The van der Waals surface area contributed by atoms with Crippen molar-refractivity contribution in [2.45, 2.75) is 13.3 Å². The summed E-state index contributed by atoms with van der Waals surface area (Å²) in [6.45, 7) is 3.09. The normalized spacial score (nSPS) is 17.2. The van der Waals surface area contributed by atoms with Gasteiger partial charge in [-0.1, -0.05) is 6.07 Å². The molecule has 0 aliphatic carbocycles. The molecule has 174 valence electrons. The van der Waals surface area contributed by atoms with Crippen LogP contribution in [-0.2, 0) is 9.53 Å². The Kier molecular flexibility index (Phi) is 5.75. The minimum atomic E-state index is -0.356. The van der Waals surface area contributed by atoms with E-state index in [0.29, 0.717) is 42.7 Å². The number of fused-ring (bicyclic) bond motifs is 1. The molecule has 1 saturated heterocycles. The first-order chi connectivity index (χ1) is 16.5. The number of aryl methyl sites for hydroxylation is 1. The summed E-state index contributed by atoms with van der Waals surface area (Å²) in [5.41, 5.74) is 3.23. The van der Waals surface area contributed by atoms with Crippen molar-refractivity contribution in [2.75, 3.05) is 31.8 Å². The van der Waals surface area contributed by atoms with Crippen molar-refractivity contribution < 1.29 is 18.7 Å². The van der Waals surface area contributed by atoms with Crippen LogP contribution in [0.15, 0.2) is 65.7 Å². The van der Waals surface area contributed by atoms with Gasteiger partial charge in [-0.3, -0.25) is 14.8 Å². The van der Waals surface area contributed by atoms with Crippen molar-refractivity contribution in [2.24, 2.45) is 4.99 Å². The van der Waals surface area contributed by atoms with Crippen molar-refractivity contribution in [3.63, 3.8) is 0 Å². The standard InChI is InChI=1S/C25H24FN5O3/c1-17-15-29(16-28-17)21-8-3-18(13-22(21)33-2)14-23-25-27-10-9-24(32)31(30(25)11-12-34-23)20-6-4-19(26)5-7-20/h3-8,13-16H,9-12H2,1-2H3/b23-14-. The van der Waals surface area contributed by atoms with Gasteiger partial charge in [0.15, 0.2) is 11.6 Å². The van der Waals surface area contributed by atoms with Crippen LogP contribution in [0.5, 0.6) is 5.75 Å². The third kappa shape index (κ3) is 4.12. The van der Waals surface area contributed by atoms with Crippen LogP contribution in [0.25, 0.3) is 11.8 Å². The molecule has 9 heteroatoms. The number of morpholine rings is 1. The van der Waals surface area contributed by atoms with Crippen molar-refractivity contribution >= 4 is 23.5 Å². The number of ether oxygens (including phenoxy) is 2. The average molecular weight is 461 g/mol. The molecule has 0 saturated carbocycles. The van der Waals surface area contributed by atoms with Crippen LogP contribution in [0.3, 0.4) is 0 Å². The summed E-state index contributed by atoms with van der Waals surface area (Å²) >= 11 is 0. The zero-order valence-corrected chi connectivity index (χ0v) is 18.9. The van der Waals surface area contributed by atoms with Crippen molar-refractivity contribution in [3.05, 3.63) is 77.8 Å². The maximum Gasteiger partial charge on any atom is 0.247 e. The second-order valence-electron chi connectivity index (χ2n) is 7.97. The van der Waals surface area contributed by atoms with Crippen LogP contribution in [0.2, 0.25) is 0 Å². The largest absolute Gasteiger partial charge is 0.495 e. The van der Waals surface area contributed by atoms with Crippen LogP contribution in [-0.4, -0.2) is 53.1 Å². The Hall–Kier alpha value is -4.14. The first-order valence-corrected chi connectivity index (χ1v) is 11.0. The van der Waals surface area contributed by atoms with Gasteiger partial charge in [0, 0.05) is 12.6 Å². The molecule has 1 fully saturated rings. The molecule has 1 amide bonds. The van der Waals surface area contributed by atoms with E-state index in [1.165, 1.54) is 12.1 Å². The summed E-state index contributed by atoms with van der Waals surface area (Å²) in [5.74, 6) is 1.35. The summed E-state index contributed by atoms with van der Waals surface area (Å²) in [7, 11) is 1.62. The summed E-state index contributed by atoms with van der Waals surface area (Å²) < 4.78 is 27.0. The van der Waals surface area contributed by atoms with E-state index in [9.17, 15) is 9.18 Å². The maximum absolute atomic E-state index is 13.5. The van der Waals surface area contributed by atoms with E-state index in [0.717, 1.165) is 16.9 Å². The fraction of sp³-hybridized carbons (Fsp3) is 0.240. The van der Waals surface area contributed by atoms with Gasteiger partial charge in [0.25, 0.3) is 0 Å². The van der Waals surface area contributed by atoms with Gasteiger partial charge in [0.1, 0.15) is 18.2 Å². The summed E-state index contributed by atoms with van der Waals surface area (Å²) in [4.78, 5) is 21.8. The van der Waals surface area contributed by atoms with E-state index < -0.39 is 0 Å². The van der Waals surface area contributed by atoms with Crippen LogP contribution >= 0.6 is 0 Å². The van der Waals surface area contributed by atoms with Crippen LogP contribution in [0, 0.1) is 12.7 Å². The summed E-state index contributed by atoms with van der Waals surface area (Å²) in [6, 6.07) is 11.7. The Morgan fingerprint density at radius 3 is 2.74 bits per heavy atom. The molecule has 2 aliphatic heterocycles. The molecule has 1 aromatic heterocycles. The van der Waals surface area contributed by atoms with Gasteiger partial charge in [-0.25, -0.2) is 14.4 Å². The van der Waals surface area contributed by atoms with E-state index in [1.54, 1.807) is 35.6 Å². The maximum atomic E-state index is 13.5. The lowest BCUT2D eigenvalue weighted by molar-refractivity contribution is -0.120. The molecule has 8 nitrogen and oxygen atoms in total. The van der Waals surface area contributed by atoms with Gasteiger partial charge < -0.3 is 14.0 Å². The molecule has 3 aromatic rings. The topological polar surface area (TPSA) is 72.2 Å². The lowest BCUT2D eigenvalue weighted by Gasteiger charge is -2.38. The summed E-state index contributed by atoms with van der Waals surface area (Å²) in [6.07, 6.45) is 5.81. The van der Waals surface area contributed by atoms with Crippen molar-refractivity contribution in [1.82, 2.24) is 14.6 Å². The zero-order chi connectivity index (χ0) is 23.7. The van der Waals surface area contributed by atoms with E-state index >= 15 is 0 Å². The zero-order valence-electron chi connectivity index (χ0n) is 18.9. The number of methoxy groups -OCH3 is 1. The van der Waals surface area contributed by atoms with Gasteiger partial charge in [-0.05, 0) is 55.0 Å². The van der Waals surface area contributed by atoms with Crippen LogP contribution < -0.4 is 9.75 Å². The lowest BCUT2D eigenvalue weighted by Crippen LogP contribution is -2.53. The quantitative estimate of drug-likeness (QED) is 0.592. The number of rotatable bonds is 4. The van der Waals surface area contributed by atoms with Gasteiger partial charge in [0.2, 0.25) is 5.91 Å². The molecule has 34 heavy (non-hydrogen) atoms. The van der Waals surface area contributed by atoms with E-state index in [4.69, 9.17) is 9.47 Å². The molecule has 0 unspecified atom stereocenters. The van der Waals surface area contributed by atoms with E-state index in [1.807, 2.05) is 42.0 Å². The number of halogens is 1. The highest BCUT2D eigenvalue weighted by molar-refractivity contribution is 6.06. The average Bonchev–Trinajstić information content (AvgIpc) is 3.19. The molecule has 2 aliphatic rings. The molecule has 0 bridgehead atoms. The predicted molar refractivity (Wildman–Crippen MR) is 126 cm³/mol. The molecular weight excluding hydrogens is 437 g/mol. The molecular formula is C25H24FN5O3. The molecule has 0 atom stereocenters. The number of aromatic nitrogens is 2. The number of carbonyl (C=O) groups is 1. The Morgan fingerprint density at radius 2 is 2.00 bits per heavy atom.